The first-order chi connectivity index (χ1) is 8.60. The van der Waals surface area contributed by atoms with Gasteiger partial charge in [0, 0.05) is 19.1 Å². The Morgan fingerprint density at radius 2 is 2.06 bits per heavy atom. The van der Waals surface area contributed by atoms with E-state index in [1.807, 2.05) is 0 Å². The Labute approximate surface area is 110 Å². The maximum atomic E-state index is 5.76. The van der Waals surface area contributed by atoms with Crippen LogP contribution in [-0.4, -0.2) is 43.0 Å². The molecule has 0 atom stereocenters. The van der Waals surface area contributed by atoms with E-state index in [0.29, 0.717) is 6.54 Å². The highest BCUT2D eigenvalue weighted by molar-refractivity contribution is 5.19. The smallest absolute Gasteiger partial charge is 0.120 e. The molecule has 4 nitrogen and oxygen atoms in total. The monoisotopic (exact) mass is 251 g/mol. The van der Waals surface area contributed by atoms with Crippen LogP contribution in [-0.2, 0) is 13.1 Å². The molecule has 0 bridgehead atoms. The Bertz CT molecular complexity index is 378. The minimum atomic E-state index is 0.495. The molecule has 0 aromatic carbocycles. The number of furan rings is 1. The van der Waals surface area contributed by atoms with Crippen molar-refractivity contribution in [1.29, 1.82) is 0 Å². The van der Waals surface area contributed by atoms with Crippen molar-refractivity contribution in [3.05, 3.63) is 23.2 Å². The van der Waals surface area contributed by atoms with Crippen LogP contribution in [0.15, 0.2) is 10.5 Å². The predicted molar refractivity (Wildman–Crippen MR) is 73.3 cm³/mol. The number of rotatable bonds is 4. The average molecular weight is 251 g/mol. The fraction of sp³-hybridized carbons (Fsp3) is 0.714. The van der Waals surface area contributed by atoms with Crippen molar-refractivity contribution in [3.63, 3.8) is 0 Å². The zero-order valence-corrected chi connectivity index (χ0v) is 11.8. The summed E-state index contributed by atoms with van der Waals surface area (Å²) >= 11 is 0. The largest absolute Gasteiger partial charge is 0.463 e. The molecule has 2 rings (SSSR count). The summed E-state index contributed by atoms with van der Waals surface area (Å²) in [5.41, 5.74) is 6.81. The highest BCUT2D eigenvalue weighted by Crippen LogP contribution is 2.19. The van der Waals surface area contributed by atoms with E-state index >= 15 is 0 Å². The Kier molecular flexibility index (Phi) is 4.43. The highest BCUT2D eigenvalue weighted by Gasteiger charge is 2.21. The Morgan fingerprint density at radius 1 is 1.39 bits per heavy atom. The Balaban J connectivity index is 1.87. The summed E-state index contributed by atoms with van der Waals surface area (Å²) in [6.07, 6.45) is 2.49. The molecule has 1 fully saturated rings. The van der Waals surface area contributed by atoms with E-state index in [1.54, 1.807) is 0 Å². The number of nitrogens with zero attached hydrogens (tertiary/aromatic N) is 2. The fourth-order valence-electron chi connectivity index (χ4n) is 2.68. The molecular formula is C14H25N3O. The second-order valence-corrected chi connectivity index (χ2v) is 5.49. The maximum absolute atomic E-state index is 5.76. The van der Waals surface area contributed by atoms with E-state index in [4.69, 9.17) is 10.2 Å². The van der Waals surface area contributed by atoms with Crippen LogP contribution in [0.25, 0.3) is 0 Å². The first kappa shape index (κ1) is 13.6. The summed E-state index contributed by atoms with van der Waals surface area (Å²) in [6, 6.07) is 2.86. The molecule has 18 heavy (non-hydrogen) atoms. The lowest BCUT2D eigenvalue weighted by Gasteiger charge is -2.34. The Morgan fingerprint density at radius 3 is 2.56 bits per heavy atom. The fourth-order valence-corrected chi connectivity index (χ4v) is 2.68. The third-order valence-corrected chi connectivity index (χ3v) is 3.92. The van der Waals surface area contributed by atoms with Crippen molar-refractivity contribution in [2.75, 3.05) is 27.2 Å². The predicted octanol–water partition coefficient (Wildman–Crippen LogP) is 1.57. The van der Waals surface area contributed by atoms with Crippen molar-refractivity contribution in [3.8, 4) is 0 Å². The maximum Gasteiger partial charge on any atom is 0.120 e. The molecule has 0 saturated carbocycles. The summed E-state index contributed by atoms with van der Waals surface area (Å²) in [4.78, 5) is 4.81. The van der Waals surface area contributed by atoms with Gasteiger partial charge in [-0.25, -0.2) is 0 Å². The summed E-state index contributed by atoms with van der Waals surface area (Å²) in [7, 11) is 4.34. The van der Waals surface area contributed by atoms with Gasteiger partial charge in [-0.2, -0.15) is 0 Å². The van der Waals surface area contributed by atoms with Gasteiger partial charge in [-0.1, -0.05) is 0 Å². The molecule has 1 aliphatic rings. The van der Waals surface area contributed by atoms with E-state index in [2.05, 4.69) is 36.9 Å². The van der Waals surface area contributed by atoms with Crippen LogP contribution in [0, 0.1) is 6.92 Å². The Hall–Kier alpha value is -0.840. The number of aryl methyl sites for hydroxylation is 1. The second-order valence-electron chi connectivity index (χ2n) is 5.49. The molecule has 0 amide bonds. The van der Waals surface area contributed by atoms with E-state index in [9.17, 15) is 0 Å². The SMILES string of the molecule is Cc1cc(CN2CCC(N(C)C)CC2)oc1CN. The molecule has 0 unspecified atom stereocenters. The second kappa shape index (κ2) is 5.87. The van der Waals surface area contributed by atoms with Gasteiger partial charge in [-0.15, -0.1) is 0 Å². The van der Waals surface area contributed by atoms with Gasteiger partial charge in [-0.3, -0.25) is 4.90 Å². The van der Waals surface area contributed by atoms with Gasteiger partial charge in [0.2, 0.25) is 0 Å². The van der Waals surface area contributed by atoms with Crippen LogP contribution in [0.2, 0.25) is 0 Å². The third kappa shape index (κ3) is 3.13. The lowest BCUT2D eigenvalue weighted by atomic mass is 10.0. The van der Waals surface area contributed by atoms with Crippen LogP contribution in [0.4, 0.5) is 0 Å². The van der Waals surface area contributed by atoms with E-state index in [1.165, 1.54) is 18.4 Å². The van der Waals surface area contributed by atoms with Crippen molar-refractivity contribution >= 4 is 0 Å². The van der Waals surface area contributed by atoms with Gasteiger partial charge in [0.15, 0.2) is 0 Å². The summed E-state index contributed by atoms with van der Waals surface area (Å²) in [5.74, 6) is 1.98. The first-order valence-corrected chi connectivity index (χ1v) is 6.77. The van der Waals surface area contributed by atoms with Crippen molar-refractivity contribution in [2.45, 2.75) is 38.9 Å². The minimum absolute atomic E-state index is 0.495. The molecule has 0 spiro atoms. The molecule has 2 heterocycles. The lowest BCUT2D eigenvalue weighted by molar-refractivity contribution is 0.133. The number of likely N-dealkylation sites (tertiary alicyclic amines) is 1. The van der Waals surface area contributed by atoms with Crippen LogP contribution < -0.4 is 5.73 Å². The number of hydrogen-bond acceptors (Lipinski definition) is 4. The molecule has 1 aliphatic heterocycles. The number of piperidine rings is 1. The van der Waals surface area contributed by atoms with Crippen LogP contribution in [0.3, 0.4) is 0 Å². The molecule has 0 radical (unpaired) electrons. The van der Waals surface area contributed by atoms with Crippen LogP contribution in [0.5, 0.6) is 0 Å². The average Bonchev–Trinajstić information content (AvgIpc) is 2.70. The zero-order chi connectivity index (χ0) is 13.1. The van der Waals surface area contributed by atoms with Gasteiger partial charge in [0.25, 0.3) is 0 Å². The van der Waals surface area contributed by atoms with Crippen LogP contribution >= 0.6 is 0 Å². The van der Waals surface area contributed by atoms with Gasteiger partial charge in [-0.05, 0) is 45.5 Å². The van der Waals surface area contributed by atoms with Crippen molar-refractivity contribution in [2.24, 2.45) is 5.73 Å². The van der Waals surface area contributed by atoms with Gasteiger partial charge >= 0.3 is 0 Å². The third-order valence-electron chi connectivity index (χ3n) is 3.92. The summed E-state index contributed by atoms with van der Waals surface area (Å²) < 4.78 is 5.76. The molecule has 1 saturated heterocycles. The number of nitrogens with two attached hydrogens (primary N) is 1. The normalized spacial score (nSPS) is 18.7. The molecular weight excluding hydrogens is 226 g/mol. The standard InChI is InChI=1S/C14H25N3O/c1-11-8-13(18-14(11)9-15)10-17-6-4-12(5-7-17)16(2)3/h8,12H,4-7,9-10,15H2,1-3H3. The van der Waals surface area contributed by atoms with E-state index in [-0.39, 0.29) is 0 Å². The van der Waals surface area contributed by atoms with E-state index < -0.39 is 0 Å². The molecule has 4 heteroatoms. The summed E-state index contributed by atoms with van der Waals surface area (Å²) in [5, 5.41) is 0. The van der Waals surface area contributed by atoms with Crippen LogP contribution in [0.1, 0.15) is 29.9 Å². The van der Waals surface area contributed by atoms with Gasteiger partial charge in [0.05, 0.1) is 13.1 Å². The molecule has 1 aromatic heterocycles. The van der Waals surface area contributed by atoms with Crippen molar-refractivity contribution in [1.82, 2.24) is 9.80 Å². The summed E-state index contributed by atoms with van der Waals surface area (Å²) in [6.45, 7) is 5.78. The first-order valence-electron chi connectivity index (χ1n) is 6.77. The highest BCUT2D eigenvalue weighted by atomic mass is 16.3. The topological polar surface area (TPSA) is 45.6 Å². The van der Waals surface area contributed by atoms with Crippen molar-refractivity contribution < 1.29 is 4.42 Å². The molecule has 1 aromatic rings. The molecule has 0 aliphatic carbocycles. The zero-order valence-electron chi connectivity index (χ0n) is 11.8. The molecule has 102 valence electrons. The number of hydrogen-bond donors (Lipinski definition) is 1. The van der Waals surface area contributed by atoms with E-state index in [0.717, 1.165) is 37.2 Å². The van der Waals surface area contributed by atoms with Gasteiger partial charge in [0.1, 0.15) is 11.5 Å². The van der Waals surface area contributed by atoms with Gasteiger partial charge < -0.3 is 15.1 Å². The molecule has 2 N–H and O–H groups in total. The quantitative estimate of drug-likeness (QED) is 0.882. The lowest BCUT2D eigenvalue weighted by Crippen LogP contribution is -2.41. The minimum Gasteiger partial charge on any atom is -0.463 e.